The van der Waals surface area contributed by atoms with Gasteiger partial charge in [0.05, 0.1) is 7.11 Å². The average Bonchev–Trinajstić information content (AvgIpc) is 3.35. The molecule has 34 heavy (non-hydrogen) atoms. The van der Waals surface area contributed by atoms with Crippen molar-refractivity contribution in [3.8, 4) is 5.75 Å². The Labute approximate surface area is 204 Å². The van der Waals surface area contributed by atoms with Gasteiger partial charge in [-0.15, -0.1) is 0 Å². The molecule has 1 saturated heterocycles. The lowest BCUT2D eigenvalue weighted by atomic mass is 9.90. The predicted octanol–water partition coefficient (Wildman–Crippen LogP) is 3.81. The fourth-order valence-corrected chi connectivity index (χ4v) is 4.95. The van der Waals surface area contributed by atoms with E-state index in [0.717, 1.165) is 32.1 Å². The maximum absolute atomic E-state index is 13.0. The largest absolute Gasteiger partial charge is 0.497 e. The van der Waals surface area contributed by atoms with E-state index >= 15 is 0 Å². The molecule has 0 bridgehead atoms. The lowest BCUT2D eigenvalue weighted by Crippen LogP contribution is -2.50. The highest BCUT2D eigenvalue weighted by molar-refractivity contribution is 6.31. The zero-order chi connectivity index (χ0) is 24.1. The molecule has 0 spiro atoms. The first-order chi connectivity index (χ1) is 16.4. The van der Waals surface area contributed by atoms with Crippen LogP contribution < -0.4 is 15.4 Å². The van der Waals surface area contributed by atoms with E-state index in [1.165, 1.54) is 0 Å². The van der Waals surface area contributed by atoms with Gasteiger partial charge in [-0.1, -0.05) is 17.7 Å². The summed E-state index contributed by atoms with van der Waals surface area (Å²) in [5.41, 5.74) is 1.10. The molecule has 180 valence electrons. The van der Waals surface area contributed by atoms with Gasteiger partial charge in [0, 0.05) is 34.8 Å². The number of ether oxygens (including phenoxy) is 1. The molecule has 1 heterocycles. The first kappa shape index (κ1) is 24.1. The Morgan fingerprint density at radius 2 is 1.59 bits per heavy atom. The van der Waals surface area contributed by atoms with Crippen LogP contribution in [-0.2, 0) is 4.79 Å². The number of nitrogens with zero attached hydrogens (tertiary/aromatic N) is 1. The Hall–Kier alpha value is -3.06. The third kappa shape index (κ3) is 5.70. The first-order valence-electron chi connectivity index (χ1n) is 11.8. The van der Waals surface area contributed by atoms with Crippen molar-refractivity contribution in [2.24, 2.45) is 0 Å². The Balaban J connectivity index is 1.26. The lowest BCUT2D eigenvalue weighted by Gasteiger charge is -2.31. The summed E-state index contributed by atoms with van der Waals surface area (Å²) in [4.78, 5) is 40.1. The molecule has 2 fully saturated rings. The minimum absolute atomic E-state index is 0.0466. The van der Waals surface area contributed by atoms with Gasteiger partial charge in [0.25, 0.3) is 11.8 Å². The summed E-state index contributed by atoms with van der Waals surface area (Å²) in [6.45, 7) is 0.563. The van der Waals surface area contributed by atoms with Crippen molar-refractivity contribution >= 4 is 29.3 Å². The number of benzene rings is 2. The van der Waals surface area contributed by atoms with Gasteiger partial charge in [-0.3, -0.25) is 14.4 Å². The molecular formula is C26H30ClN3O4. The van der Waals surface area contributed by atoms with Gasteiger partial charge in [-0.2, -0.15) is 0 Å². The van der Waals surface area contributed by atoms with Gasteiger partial charge in [0.15, 0.2) is 0 Å². The molecule has 0 radical (unpaired) electrons. The van der Waals surface area contributed by atoms with E-state index in [9.17, 15) is 14.4 Å². The van der Waals surface area contributed by atoms with Crippen LogP contribution >= 0.6 is 11.6 Å². The number of hydrogen-bond donors (Lipinski definition) is 2. The van der Waals surface area contributed by atoms with E-state index < -0.39 is 6.04 Å². The van der Waals surface area contributed by atoms with E-state index in [0.29, 0.717) is 34.9 Å². The molecule has 4 rings (SSSR count). The summed E-state index contributed by atoms with van der Waals surface area (Å²) in [6.07, 6.45) is 4.62. The quantitative estimate of drug-likeness (QED) is 0.654. The molecule has 2 aromatic carbocycles. The van der Waals surface area contributed by atoms with E-state index in [4.69, 9.17) is 16.3 Å². The molecular weight excluding hydrogens is 454 g/mol. The molecule has 3 amide bonds. The molecule has 2 N–H and O–H groups in total. The first-order valence-corrected chi connectivity index (χ1v) is 12.1. The van der Waals surface area contributed by atoms with Crippen LogP contribution in [0.1, 0.15) is 59.2 Å². The normalized spacial score (nSPS) is 22.2. The Bertz CT molecular complexity index is 1030. The monoisotopic (exact) mass is 483 g/mol. The minimum Gasteiger partial charge on any atom is -0.497 e. The summed E-state index contributed by atoms with van der Waals surface area (Å²) in [5, 5.41) is 6.73. The standard InChI is InChI=1S/C26H30ClN3O4/c1-34-22-13-7-17(8-14-22)24(31)28-20-9-11-21(12-10-20)29-25(32)23-6-3-15-30(23)26(33)18-4-2-5-19(27)16-18/h2,4-5,7-8,13-14,16,20-21,23H,3,6,9-12,15H2,1H3,(H,28,31)(H,29,32)/t20?,21?,23-/m0/s1. The Morgan fingerprint density at radius 1 is 0.912 bits per heavy atom. The second-order valence-electron chi connectivity index (χ2n) is 8.93. The SMILES string of the molecule is COc1ccc(C(=O)NC2CCC(NC(=O)[C@@H]3CCCN3C(=O)c3cccc(Cl)c3)CC2)cc1. The third-order valence-electron chi connectivity index (χ3n) is 6.65. The maximum atomic E-state index is 13.0. The van der Waals surface area contributed by atoms with Crippen LogP contribution in [0.15, 0.2) is 48.5 Å². The van der Waals surface area contributed by atoms with Gasteiger partial charge >= 0.3 is 0 Å². The van der Waals surface area contributed by atoms with Gasteiger partial charge in [-0.05, 0) is 81.0 Å². The van der Waals surface area contributed by atoms with E-state index in [2.05, 4.69) is 10.6 Å². The van der Waals surface area contributed by atoms with Crippen LogP contribution in [0.3, 0.4) is 0 Å². The summed E-state index contributed by atoms with van der Waals surface area (Å²) in [6, 6.07) is 13.5. The van der Waals surface area contributed by atoms with Crippen molar-refractivity contribution < 1.29 is 19.1 Å². The molecule has 2 aliphatic rings. The van der Waals surface area contributed by atoms with Crippen LogP contribution in [0.25, 0.3) is 0 Å². The fourth-order valence-electron chi connectivity index (χ4n) is 4.76. The molecule has 7 nitrogen and oxygen atoms in total. The highest BCUT2D eigenvalue weighted by Gasteiger charge is 2.36. The van der Waals surface area contributed by atoms with Gasteiger partial charge < -0.3 is 20.3 Å². The van der Waals surface area contributed by atoms with E-state index in [1.807, 2.05) is 0 Å². The van der Waals surface area contributed by atoms with Crippen LogP contribution in [0.5, 0.6) is 5.75 Å². The smallest absolute Gasteiger partial charge is 0.254 e. The second kappa shape index (κ2) is 10.9. The van der Waals surface area contributed by atoms with Crippen molar-refractivity contribution in [3.05, 3.63) is 64.7 Å². The number of halogens is 1. The number of methoxy groups -OCH3 is 1. The van der Waals surface area contributed by atoms with Crippen molar-refractivity contribution in [2.45, 2.75) is 56.7 Å². The zero-order valence-corrected chi connectivity index (χ0v) is 20.0. The van der Waals surface area contributed by atoms with Crippen LogP contribution in [-0.4, -0.2) is 54.4 Å². The summed E-state index contributed by atoms with van der Waals surface area (Å²) in [5.74, 6) is 0.350. The van der Waals surface area contributed by atoms with Gasteiger partial charge in [0.2, 0.25) is 5.91 Å². The lowest BCUT2D eigenvalue weighted by molar-refractivity contribution is -0.125. The third-order valence-corrected chi connectivity index (χ3v) is 6.88. The van der Waals surface area contributed by atoms with Gasteiger partial charge in [0.1, 0.15) is 11.8 Å². The molecule has 8 heteroatoms. The molecule has 1 saturated carbocycles. The molecule has 1 atom stereocenters. The fraction of sp³-hybridized carbons (Fsp3) is 0.423. The highest BCUT2D eigenvalue weighted by Crippen LogP contribution is 2.24. The summed E-state index contributed by atoms with van der Waals surface area (Å²) >= 11 is 6.03. The number of likely N-dealkylation sites (tertiary alicyclic amines) is 1. The Kier molecular flexibility index (Phi) is 7.73. The molecule has 1 aliphatic carbocycles. The van der Waals surface area contributed by atoms with Crippen LogP contribution in [0.2, 0.25) is 5.02 Å². The molecule has 0 unspecified atom stereocenters. The maximum Gasteiger partial charge on any atom is 0.254 e. The number of amides is 3. The van der Waals surface area contributed by atoms with Gasteiger partial charge in [-0.25, -0.2) is 0 Å². The van der Waals surface area contributed by atoms with Crippen molar-refractivity contribution in [1.29, 1.82) is 0 Å². The number of nitrogens with one attached hydrogen (secondary N) is 2. The zero-order valence-electron chi connectivity index (χ0n) is 19.3. The van der Waals surface area contributed by atoms with Crippen molar-refractivity contribution in [3.63, 3.8) is 0 Å². The number of rotatable bonds is 6. The van der Waals surface area contributed by atoms with E-state index in [1.54, 1.807) is 60.5 Å². The molecule has 0 aromatic heterocycles. The predicted molar refractivity (Wildman–Crippen MR) is 130 cm³/mol. The highest BCUT2D eigenvalue weighted by atomic mass is 35.5. The number of carbonyl (C=O) groups excluding carboxylic acids is 3. The topological polar surface area (TPSA) is 87.7 Å². The average molecular weight is 484 g/mol. The number of carbonyl (C=O) groups is 3. The molecule has 1 aliphatic heterocycles. The van der Waals surface area contributed by atoms with E-state index in [-0.39, 0.29) is 29.8 Å². The molecule has 2 aromatic rings. The Morgan fingerprint density at radius 3 is 2.24 bits per heavy atom. The van der Waals surface area contributed by atoms with Crippen LogP contribution in [0.4, 0.5) is 0 Å². The second-order valence-corrected chi connectivity index (χ2v) is 9.36. The van der Waals surface area contributed by atoms with Crippen molar-refractivity contribution in [2.75, 3.05) is 13.7 Å². The summed E-state index contributed by atoms with van der Waals surface area (Å²) < 4.78 is 5.13. The summed E-state index contributed by atoms with van der Waals surface area (Å²) in [7, 11) is 1.59. The minimum atomic E-state index is -0.459. The van der Waals surface area contributed by atoms with Crippen molar-refractivity contribution in [1.82, 2.24) is 15.5 Å². The number of hydrogen-bond acceptors (Lipinski definition) is 4. The van der Waals surface area contributed by atoms with Crippen LogP contribution in [0, 0.1) is 0 Å².